The summed E-state index contributed by atoms with van der Waals surface area (Å²) >= 11 is 0. The number of hydrogen-bond acceptors (Lipinski definition) is 4. The maximum atomic E-state index is 6.48. The van der Waals surface area contributed by atoms with E-state index in [0.29, 0.717) is 19.8 Å². The summed E-state index contributed by atoms with van der Waals surface area (Å²) in [6, 6.07) is 10.4. The standard InChI is InChI=1S/C24H34O4Si/c1-16-13-25-22-19(15-27-29(5,6)24(2,3)4)28-23-21(20(16)22)18(14-26-23)12-17-10-8-7-9-11-17/h7-12,19-23H,1,13-15H2,2-6H3/b18-12+/t19-,20+,21-,22-,23+/m1/s1. The lowest BCUT2D eigenvalue weighted by atomic mass is 9.76. The molecule has 3 aliphatic heterocycles. The molecule has 1 aromatic carbocycles. The van der Waals surface area contributed by atoms with Crippen LogP contribution in [0, 0.1) is 11.8 Å². The van der Waals surface area contributed by atoms with Crippen molar-refractivity contribution in [3.8, 4) is 0 Å². The Morgan fingerprint density at radius 1 is 1.10 bits per heavy atom. The number of rotatable bonds is 4. The molecule has 0 aliphatic carbocycles. The van der Waals surface area contributed by atoms with Gasteiger partial charge >= 0.3 is 0 Å². The first-order chi connectivity index (χ1) is 13.7. The Morgan fingerprint density at radius 2 is 1.83 bits per heavy atom. The molecule has 0 bridgehead atoms. The van der Waals surface area contributed by atoms with Gasteiger partial charge in [-0.3, -0.25) is 0 Å². The van der Waals surface area contributed by atoms with Crippen LogP contribution in [0.15, 0.2) is 48.1 Å². The molecule has 3 aliphatic rings. The van der Waals surface area contributed by atoms with Crippen molar-refractivity contribution in [2.45, 2.75) is 57.4 Å². The van der Waals surface area contributed by atoms with Gasteiger partial charge < -0.3 is 18.6 Å². The highest BCUT2D eigenvalue weighted by Gasteiger charge is 2.54. The molecule has 4 nitrogen and oxygen atoms in total. The molecule has 3 saturated heterocycles. The van der Waals surface area contributed by atoms with Crippen molar-refractivity contribution in [3.05, 3.63) is 53.6 Å². The maximum Gasteiger partial charge on any atom is 0.192 e. The van der Waals surface area contributed by atoms with Crippen LogP contribution in [0.5, 0.6) is 0 Å². The summed E-state index contributed by atoms with van der Waals surface area (Å²) in [5, 5.41) is 0.166. The van der Waals surface area contributed by atoms with Crippen molar-refractivity contribution in [1.82, 2.24) is 0 Å². The molecule has 0 radical (unpaired) electrons. The van der Waals surface area contributed by atoms with Gasteiger partial charge in [0.25, 0.3) is 0 Å². The minimum atomic E-state index is -1.86. The van der Waals surface area contributed by atoms with Crippen LogP contribution >= 0.6 is 0 Å². The van der Waals surface area contributed by atoms with Crippen molar-refractivity contribution in [2.24, 2.45) is 11.8 Å². The summed E-state index contributed by atoms with van der Waals surface area (Å²) in [6.45, 7) is 17.4. The predicted molar refractivity (Wildman–Crippen MR) is 118 cm³/mol. The molecule has 3 heterocycles. The van der Waals surface area contributed by atoms with E-state index in [2.05, 4.69) is 70.8 Å². The molecule has 0 saturated carbocycles. The van der Waals surface area contributed by atoms with E-state index in [-0.39, 0.29) is 35.4 Å². The Hall–Kier alpha value is -1.24. The van der Waals surface area contributed by atoms with Gasteiger partial charge in [0.1, 0.15) is 6.10 Å². The summed E-state index contributed by atoms with van der Waals surface area (Å²) in [4.78, 5) is 0. The normalized spacial score (nSPS) is 33.8. The van der Waals surface area contributed by atoms with Gasteiger partial charge in [0.2, 0.25) is 0 Å². The second-order valence-corrected chi connectivity index (χ2v) is 14.8. The minimum Gasteiger partial charge on any atom is -0.414 e. The van der Waals surface area contributed by atoms with Gasteiger partial charge in [-0.05, 0) is 34.8 Å². The summed E-state index contributed by atoms with van der Waals surface area (Å²) in [7, 11) is -1.86. The van der Waals surface area contributed by atoms with Crippen molar-refractivity contribution >= 4 is 14.4 Å². The van der Waals surface area contributed by atoms with Gasteiger partial charge in [-0.2, -0.15) is 0 Å². The average molecular weight is 415 g/mol. The van der Waals surface area contributed by atoms with Crippen LogP contribution in [-0.4, -0.2) is 46.6 Å². The number of benzene rings is 1. The third kappa shape index (κ3) is 4.03. The van der Waals surface area contributed by atoms with Crippen molar-refractivity contribution in [3.63, 3.8) is 0 Å². The molecule has 1 aromatic rings. The summed E-state index contributed by atoms with van der Waals surface area (Å²) in [5.41, 5.74) is 3.61. The average Bonchev–Trinajstić information content (AvgIpc) is 3.23. The Labute approximate surface area is 176 Å². The molecule has 3 fully saturated rings. The van der Waals surface area contributed by atoms with E-state index in [1.54, 1.807) is 0 Å². The third-order valence-corrected chi connectivity index (χ3v) is 11.6. The smallest absolute Gasteiger partial charge is 0.192 e. The fourth-order valence-corrected chi connectivity index (χ4v) is 5.32. The highest BCUT2D eigenvalue weighted by Crippen LogP contribution is 2.48. The van der Waals surface area contributed by atoms with E-state index in [1.165, 1.54) is 11.1 Å². The zero-order valence-corrected chi connectivity index (χ0v) is 19.3. The van der Waals surface area contributed by atoms with Crippen LogP contribution in [0.3, 0.4) is 0 Å². The van der Waals surface area contributed by atoms with E-state index in [4.69, 9.17) is 18.6 Å². The summed E-state index contributed by atoms with van der Waals surface area (Å²) in [6.07, 6.45) is 1.85. The SMILES string of the molecule is C=C1CO[C@H]2[C@@H]1[C@H]1/C(=C/c3ccccc3)CO[C@H]1O[C@@H]2CO[Si](C)(C)C(C)(C)C. The first-order valence-corrected chi connectivity index (χ1v) is 13.5. The van der Waals surface area contributed by atoms with Crippen molar-refractivity contribution in [2.75, 3.05) is 19.8 Å². The van der Waals surface area contributed by atoms with Crippen LogP contribution < -0.4 is 0 Å². The van der Waals surface area contributed by atoms with Crippen LogP contribution in [0.25, 0.3) is 6.08 Å². The van der Waals surface area contributed by atoms with Gasteiger partial charge in [0.15, 0.2) is 14.6 Å². The lowest BCUT2D eigenvalue weighted by molar-refractivity contribution is -0.233. The highest BCUT2D eigenvalue weighted by molar-refractivity contribution is 6.74. The lowest BCUT2D eigenvalue weighted by Gasteiger charge is -2.43. The highest BCUT2D eigenvalue weighted by atomic mass is 28.4. The summed E-state index contributed by atoms with van der Waals surface area (Å²) in [5.74, 6) is 0.388. The van der Waals surface area contributed by atoms with Crippen molar-refractivity contribution < 1.29 is 18.6 Å². The molecule has 158 valence electrons. The Balaban J connectivity index is 1.54. The quantitative estimate of drug-likeness (QED) is 0.511. The molecule has 0 aromatic heterocycles. The van der Waals surface area contributed by atoms with Gasteiger partial charge in [0, 0.05) is 11.8 Å². The van der Waals surface area contributed by atoms with E-state index in [0.717, 1.165) is 5.57 Å². The predicted octanol–water partition coefficient (Wildman–Crippen LogP) is 5.03. The molecule has 29 heavy (non-hydrogen) atoms. The van der Waals surface area contributed by atoms with E-state index in [1.807, 2.05) is 6.07 Å². The Kier molecular flexibility index (Phi) is 5.64. The summed E-state index contributed by atoms with van der Waals surface area (Å²) < 4.78 is 25.2. The largest absolute Gasteiger partial charge is 0.414 e. The molecular weight excluding hydrogens is 380 g/mol. The molecule has 0 spiro atoms. The first-order valence-electron chi connectivity index (χ1n) is 10.6. The molecule has 4 rings (SSSR count). The van der Waals surface area contributed by atoms with Crippen LogP contribution in [0.4, 0.5) is 0 Å². The Bertz CT molecular complexity index is 780. The van der Waals surface area contributed by atoms with Crippen LogP contribution in [0.2, 0.25) is 18.1 Å². The third-order valence-electron chi connectivity index (χ3n) is 7.05. The first kappa shape index (κ1) is 21.0. The lowest BCUT2D eigenvalue weighted by Crippen LogP contribution is -2.52. The molecule has 5 heteroatoms. The van der Waals surface area contributed by atoms with Gasteiger partial charge in [0.05, 0.1) is 25.9 Å². The molecule has 0 N–H and O–H groups in total. The molecule has 0 amide bonds. The second-order valence-electron chi connectivity index (χ2n) is 10.0. The van der Waals surface area contributed by atoms with Gasteiger partial charge in [-0.1, -0.05) is 63.8 Å². The topological polar surface area (TPSA) is 36.9 Å². The zero-order chi connectivity index (χ0) is 20.8. The maximum absolute atomic E-state index is 6.48. The van der Waals surface area contributed by atoms with E-state index < -0.39 is 8.32 Å². The van der Waals surface area contributed by atoms with Crippen molar-refractivity contribution in [1.29, 1.82) is 0 Å². The fourth-order valence-electron chi connectivity index (χ4n) is 4.30. The molecule has 5 atom stereocenters. The minimum absolute atomic E-state index is 0.0191. The number of ether oxygens (including phenoxy) is 3. The zero-order valence-electron chi connectivity index (χ0n) is 18.3. The van der Waals surface area contributed by atoms with E-state index >= 15 is 0 Å². The van der Waals surface area contributed by atoms with Gasteiger partial charge in [-0.25, -0.2) is 0 Å². The van der Waals surface area contributed by atoms with Gasteiger partial charge in [-0.15, -0.1) is 0 Å². The fraction of sp³-hybridized carbons (Fsp3) is 0.583. The molecular formula is C24H34O4Si. The number of hydrogen-bond donors (Lipinski definition) is 0. The Morgan fingerprint density at radius 3 is 2.52 bits per heavy atom. The van der Waals surface area contributed by atoms with E-state index in [9.17, 15) is 0 Å². The van der Waals surface area contributed by atoms with Crippen LogP contribution in [0.1, 0.15) is 26.3 Å². The number of fused-ring (bicyclic) bond motifs is 3. The second kappa shape index (κ2) is 7.78. The van der Waals surface area contributed by atoms with Crippen LogP contribution in [-0.2, 0) is 18.6 Å². The molecule has 0 unspecified atom stereocenters. The monoisotopic (exact) mass is 414 g/mol.